The van der Waals surface area contributed by atoms with Crippen LogP contribution in [0.2, 0.25) is 0 Å². The third kappa shape index (κ3) is 4.87. The minimum absolute atomic E-state index is 0.0646. The molecule has 2 aliphatic rings. The zero-order chi connectivity index (χ0) is 22.3. The Labute approximate surface area is 190 Å². The molecular weight excluding hydrogens is 402 g/mol. The van der Waals surface area contributed by atoms with Gasteiger partial charge in [-0.2, -0.15) is 0 Å². The fraction of sp³-hybridized carbons (Fsp3) is 0.407. The summed E-state index contributed by atoms with van der Waals surface area (Å²) in [6.07, 6.45) is 5.65. The Hall–Kier alpha value is -3.08. The van der Waals surface area contributed by atoms with Crippen LogP contribution in [0.4, 0.5) is 0 Å². The van der Waals surface area contributed by atoms with Crippen molar-refractivity contribution in [2.45, 2.75) is 51.6 Å². The van der Waals surface area contributed by atoms with Crippen LogP contribution in [0.15, 0.2) is 60.5 Å². The third-order valence-corrected chi connectivity index (χ3v) is 6.04. The van der Waals surface area contributed by atoms with Crippen LogP contribution in [0.1, 0.15) is 73.0 Å². The molecule has 32 heavy (non-hydrogen) atoms. The summed E-state index contributed by atoms with van der Waals surface area (Å²) in [5.74, 6) is 0.219. The highest BCUT2D eigenvalue weighted by Crippen LogP contribution is 2.40. The maximum Gasteiger partial charge on any atom is 0.338 e. The number of hydrogen-bond acceptors (Lipinski definition) is 5. The first-order valence-corrected chi connectivity index (χ1v) is 11.7. The summed E-state index contributed by atoms with van der Waals surface area (Å²) in [5.41, 5.74) is 2.56. The van der Waals surface area contributed by atoms with Gasteiger partial charge in [0.25, 0.3) is 0 Å². The molecule has 0 bridgehead atoms. The summed E-state index contributed by atoms with van der Waals surface area (Å²) in [6.45, 7) is 4.26. The minimum Gasteiger partial charge on any atom is -0.462 e. The van der Waals surface area contributed by atoms with Gasteiger partial charge in [-0.15, -0.1) is 0 Å². The number of carbonyl (C=O) groups is 2. The first-order chi connectivity index (χ1) is 15.7. The van der Waals surface area contributed by atoms with Crippen LogP contribution >= 0.6 is 0 Å². The Bertz CT molecular complexity index is 976. The molecule has 2 aromatic rings. The van der Waals surface area contributed by atoms with E-state index in [1.165, 1.54) is 6.42 Å². The lowest BCUT2D eigenvalue weighted by Gasteiger charge is -2.30. The first-order valence-electron chi connectivity index (χ1n) is 11.7. The number of Topliss-reactive ketones (excluding diaryl/α,β-unsaturated/α-hetero) is 1. The van der Waals surface area contributed by atoms with Crippen LogP contribution in [0.25, 0.3) is 5.57 Å². The molecule has 0 spiro atoms. The first kappa shape index (κ1) is 22.1. The standard InChI is InChI=1S/C27H31NO4/c1-2-3-10-18-31-27(30)22-15-11-14-21(19-22)23-24(29)25(20-12-6-4-7-13-20)32-26(23)28-16-8-5-9-17-28/h4,6-7,11-15,19,25H,2-3,5,8-10,16-18H2,1H3. The van der Waals surface area contributed by atoms with Gasteiger partial charge in [-0.25, -0.2) is 4.79 Å². The van der Waals surface area contributed by atoms with Crippen molar-refractivity contribution >= 4 is 17.3 Å². The molecule has 4 rings (SSSR count). The molecule has 0 radical (unpaired) electrons. The second-order valence-electron chi connectivity index (χ2n) is 8.42. The maximum absolute atomic E-state index is 13.6. The molecule has 2 aliphatic heterocycles. The highest BCUT2D eigenvalue weighted by Gasteiger charge is 2.39. The zero-order valence-corrected chi connectivity index (χ0v) is 18.7. The van der Waals surface area contributed by atoms with Crippen molar-refractivity contribution in [2.75, 3.05) is 19.7 Å². The van der Waals surface area contributed by atoms with Crippen molar-refractivity contribution in [3.05, 3.63) is 77.2 Å². The predicted molar refractivity (Wildman–Crippen MR) is 124 cm³/mol. The number of nitrogens with zero attached hydrogens (tertiary/aromatic N) is 1. The van der Waals surface area contributed by atoms with E-state index < -0.39 is 6.10 Å². The van der Waals surface area contributed by atoms with Gasteiger partial charge in [0.2, 0.25) is 11.7 Å². The molecule has 1 unspecified atom stereocenters. The number of ketones is 1. The molecule has 2 aromatic carbocycles. The Morgan fingerprint density at radius 3 is 2.56 bits per heavy atom. The minimum atomic E-state index is -0.659. The van der Waals surface area contributed by atoms with E-state index in [1.807, 2.05) is 42.5 Å². The summed E-state index contributed by atoms with van der Waals surface area (Å²) in [4.78, 5) is 28.3. The number of unbranched alkanes of at least 4 members (excludes halogenated alkanes) is 2. The van der Waals surface area contributed by atoms with Gasteiger partial charge in [-0.1, -0.05) is 62.2 Å². The molecule has 2 heterocycles. The van der Waals surface area contributed by atoms with Gasteiger partial charge in [-0.05, 0) is 43.4 Å². The molecule has 1 saturated heterocycles. The van der Waals surface area contributed by atoms with E-state index in [0.29, 0.717) is 29.2 Å². The molecular formula is C27H31NO4. The SMILES string of the molecule is CCCCCOC(=O)c1cccc(C2=C(N3CCCCC3)OC(c3ccccc3)C2=O)c1. The van der Waals surface area contributed by atoms with Gasteiger partial charge in [0.05, 0.1) is 17.7 Å². The lowest BCUT2D eigenvalue weighted by Crippen LogP contribution is -2.30. The monoisotopic (exact) mass is 433 g/mol. The molecule has 5 heteroatoms. The molecule has 0 amide bonds. The Morgan fingerprint density at radius 2 is 1.81 bits per heavy atom. The van der Waals surface area contributed by atoms with E-state index in [-0.39, 0.29) is 11.8 Å². The molecule has 1 atom stereocenters. The van der Waals surface area contributed by atoms with Crippen LogP contribution in [0.3, 0.4) is 0 Å². The van der Waals surface area contributed by atoms with Crippen LogP contribution < -0.4 is 0 Å². The van der Waals surface area contributed by atoms with E-state index in [0.717, 1.165) is 50.8 Å². The van der Waals surface area contributed by atoms with Gasteiger partial charge in [0, 0.05) is 18.7 Å². The smallest absolute Gasteiger partial charge is 0.338 e. The molecule has 0 aliphatic carbocycles. The summed E-state index contributed by atoms with van der Waals surface area (Å²) in [6, 6.07) is 16.8. The van der Waals surface area contributed by atoms with Gasteiger partial charge < -0.3 is 14.4 Å². The Kier molecular flexibility index (Phi) is 7.25. The number of carbonyl (C=O) groups excluding carboxylic acids is 2. The van der Waals surface area contributed by atoms with E-state index in [4.69, 9.17) is 9.47 Å². The highest BCUT2D eigenvalue weighted by atomic mass is 16.5. The number of hydrogen-bond donors (Lipinski definition) is 0. The van der Waals surface area contributed by atoms with Crippen molar-refractivity contribution in [3.63, 3.8) is 0 Å². The number of piperidine rings is 1. The second-order valence-corrected chi connectivity index (χ2v) is 8.42. The van der Waals surface area contributed by atoms with Crippen molar-refractivity contribution in [1.82, 2.24) is 4.90 Å². The Balaban J connectivity index is 1.63. The van der Waals surface area contributed by atoms with Crippen molar-refractivity contribution in [3.8, 4) is 0 Å². The quantitative estimate of drug-likeness (QED) is 0.405. The zero-order valence-electron chi connectivity index (χ0n) is 18.7. The number of rotatable bonds is 8. The molecule has 1 fully saturated rings. The Morgan fingerprint density at radius 1 is 1.03 bits per heavy atom. The van der Waals surface area contributed by atoms with Crippen LogP contribution in [-0.4, -0.2) is 36.3 Å². The number of benzene rings is 2. The summed E-state index contributed by atoms with van der Waals surface area (Å²) >= 11 is 0. The van der Waals surface area contributed by atoms with Gasteiger partial charge in [0.1, 0.15) is 0 Å². The van der Waals surface area contributed by atoms with Gasteiger partial charge >= 0.3 is 5.97 Å². The second kappa shape index (κ2) is 10.5. The van der Waals surface area contributed by atoms with E-state index in [9.17, 15) is 9.59 Å². The highest BCUT2D eigenvalue weighted by molar-refractivity contribution is 6.25. The third-order valence-electron chi connectivity index (χ3n) is 6.04. The molecule has 0 N–H and O–H groups in total. The van der Waals surface area contributed by atoms with E-state index in [2.05, 4.69) is 11.8 Å². The van der Waals surface area contributed by atoms with Crippen molar-refractivity contribution in [1.29, 1.82) is 0 Å². The fourth-order valence-electron chi connectivity index (χ4n) is 4.31. The van der Waals surface area contributed by atoms with E-state index >= 15 is 0 Å². The topological polar surface area (TPSA) is 55.8 Å². The number of likely N-dealkylation sites (tertiary alicyclic amines) is 1. The molecule has 5 nitrogen and oxygen atoms in total. The van der Waals surface area contributed by atoms with Crippen molar-refractivity contribution < 1.29 is 19.1 Å². The number of esters is 1. The molecule has 0 aromatic heterocycles. The number of ether oxygens (including phenoxy) is 2. The lowest BCUT2D eigenvalue weighted by atomic mass is 9.95. The maximum atomic E-state index is 13.6. The normalized spacial score (nSPS) is 18.6. The van der Waals surface area contributed by atoms with Crippen LogP contribution in [-0.2, 0) is 14.3 Å². The molecule has 0 saturated carbocycles. The largest absolute Gasteiger partial charge is 0.462 e. The average molecular weight is 434 g/mol. The summed E-state index contributed by atoms with van der Waals surface area (Å²) in [7, 11) is 0. The van der Waals surface area contributed by atoms with Crippen LogP contribution in [0.5, 0.6) is 0 Å². The summed E-state index contributed by atoms with van der Waals surface area (Å²) in [5, 5.41) is 0. The van der Waals surface area contributed by atoms with Gasteiger partial charge in [0.15, 0.2) is 6.10 Å². The predicted octanol–water partition coefficient (Wildman–Crippen LogP) is 5.53. The van der Waals surface area contributed by atoms with Crippen LogP contribution in [0, 0.1) is 0 Å². The van der Waals surface area contributed by atoms with Crippen molar-refractivity contribution in [2.24, 2.45) is 0 Å². The lowest BCUT2D eigenvalue weighted by molar-refractivity contribution is -0.120. The molecule has 168 valence electrons. The summed E-state index contributed by atoms with van der Waals surface area (Å²) < 4.78 is 11.7. The van der Waals surface area contributed by atoms with E-state index in [1.54, 1.807) is 12.1 Å². The van der Waals surface area contributed by atoms with Gasteiger partial charge in [-0.3, -0.25) is 4.79 Å². The fourth-order valence-corrected chi connectivity index (χ4v) is 4.31. The average Bonchev–Trinajstić information content (AvgIpc) is 3.20.